The first kappa shape index (κ1) is 11.6. The van der Waals surface area contributed by atoms with E-state index in [-0.39, 0.29) is 11.9 Å². The third-order valence-electron chi connectivity index (χ3n) is 3.92. The molecule has 0 bridgehead atoms. The van der Waals surface area contributed by atoms with Crippen LogP contribution in [0.4, 0.5) is 0 Å². The van der Waals surface area contributed by atoms with Crippen molar-refractivity contribution in [2.75, 3.05) is 0 Å². The smallest absolute Gasteiger partial charge is 0.256 e. The topological polar surface area (TPSA) is 44.1 Å². The molecule has 1 heterocycles. The highest BCUT2D eigenvalue weighted by Crippen LogP contribution is 2.39. The average Bonchev–Trinajstić information content (AvgIpc) is 3.13. The van der Waals surface area contributed by atoms with Gasteiger partial charge in [0.25, 0.3) is 5.91 Å². The van der Waals surface area contributed by atoms with Gasteiger partial charge in [0.15, 0.2) is 0 Å². The molecule has 4 heteroatoms. The summed E-state index contributed by atoms with van der Waals surface area (Å²) in [5, 5.41) is 9.64. The van der Waals surface area contributed by atoms with Crippen molar-refractivity contribution in [2.45, 2.75) is 32.4 Å². The van der Waals surface area contributed by atoms with Crippen LogP contribution in [0.3, 0.4) is 0 Å². The minimum absolute atomic E-state index is 0.0161. The maximum absolute atomic E-state index is 12.4. The number of carbonyl (C=O) groups is 1. The van der Waals surface area contributed by atoms with Crippen molar-refractivity contribution in [3.05, 3.63) is 33.8 Å². The number of nitriles is 1. The summed E-state index contributed by atoms with van der Waals surface area (Å²) >= 11 is 5.98. The zero-order valence-corrected chi connectivity index (χ0v) is 10.9. The van der Waals surface area contributed by atoms with Gasteiger partial charge in [-0.3, -0.25) is 4.79 Å². The van der Waals surface area contributed by atoms with Crippen molar-refractivity contribution in [3.63, 3.8) is 0 Å². The van der Waals surface area contributed by atoms with Crippen molar-refractivity contribution in [1.82, 2.24) is 4.90 Å². The van der Waals surface area contributed by atoms with Crippen molar-refractivity contribution in [1.29, 1.82) is 5.26 Å². The maximum atomic E-state index is 12.4. The second kappa shape index (κ2) is 4.00. The summed E-state index contributed by atoms with van der Waals surface area (Å²) in [6.07, 6.45) is 2.40. The van der Waals surface area contributed by atoms with Gasteiger partial charge in [-0.2, -0.15) is 5.26 Å². The van der Waals surface area contributed by atoms with E-state index >= 15 is 0 Å². The molecule has 0 unspecified atom stereocenters. The second-order valence-electron chi connectivity index (χ2n) is 5.11. The van der Waals surface area contributed by atoms with Gasteiger partial charge >= 0.3 is 0 Å². The van der Waals surface area contributed by atoms with Crippen LogP contribution in [0.25, 0.3) is 0 Å². The number of amides is 1. The van der Waals surface area contributed by atoms with E-state index in [1.54, 1.807) is 12.1 Å². The molecule has 0 spiro atoms. The fourth-order valence-corrected chi connectivity index (χ4v) is 2.93. The van der Waals surface area contributed by atoms with Crippen LogP contribution >= 0.6 is 11.6 Å². The number of hydrogen-bond donors (Lipinski definition) is 0. The highest BCUT2D eigenvalue weighted by molar-refractivity contribution is 6.31. The van der Waals surface area contributed by atoms with E-state index in [4.69, 9.17) is 16.9 Å². The van der Waals surface area contributed by atoms with E-state index in [0.29, 0.717) is 28.6 Å². The molecule has 1 aromatic carbocycles. The average molecular weight is 261 g/mol. The van der Waals surface area contributed by atoms with Crippen LogP contribution in [0, 0.1) is 17.2 Å². The molecule has 3 nitrogen and oxygen atoms in total. The summed E-state index contributed by atoms with van der Waals surface area (Å²) in [4.78, 5) is 14.3. The predicted molar refractivity (Wildman–Crippen MR) is 68.2 cm³/mol. The summed E-state index contributed by atoms with van der Waals surface area (Å²) in [6.45, 7) is 2.68. The van der Waals surface area contributed by atoms with Crippen LogP contribution in [0.5, 0.6) is 0 Å². The third kappa shape index (κ3) is 1.69. The van der Waals surface area contributed by atoms with E-state index in [1.165, 1.54) is 12.8 Å². The number of halogens is 1. The van der Waals surface area contributed by atoms with Gasteiger partial charge in [-0.15, -0.1) is 0 Å². The van der Waals surface area contributed by atoms with Crippen LogP contribution in [0.2, 0.25) is 5.02 Å². The van der Waals surface area contributed by atoms with Gasteiger partial charge < -0.3 is 4.90 Å². The van der Waals surface area contributed by atoms with Gasteiger partial charge in [-0.25, -0.2) is 0 Å². The number of nitrogens with zero attached hydrogens (tertiary/aromatic N) is 2. The Morgan fingerprint density at radius 2 is 2.22 bits per heavy atom. The van der Waals surface area contributed by atoms with Crippen molar-refractivity contribution < 1.29 is 4.79 Å². The maximum Gasteiger partial charge on any atom is 0.256 e. The zero-order valence-electron chi connectivity index (χ0n) is 10.1. The van der Waals surface area contributed by atoms with Crippen molar-refractivity contribution >= 4 is 17.5 Å². The number of benzene rings is 1. The summed E-state index contributed by atoms with van der Waals surface area (Å²) < 4.78 is 0. The first-order valence-corrected chi connectivity index (χ1v) is 6.53. The number of hydrogen-bond acceptors (Lipinski definition) is 2. The van der Waals surface area contributed by atoms with E-state index < -0.39 is 0 Å². The molecule has 3 rings (SSSR count). The Morgan fingerprint density at radius 3 is 2.83 bits per heavy atom. The van der Waals surface area contributed by atoms with Gasteiger partial charge in [0.1, 0.15) is 6.07 Å². The summed E-state index contributed by atoms with van der Waals surface area (Å²) in [6, 6.07) is 5.70. The van der Waals surface area contributed by atoms with E-state index in [9.17, 15) is 4.79 Å². The normalized spacial score (nSPS) is 19.6. The minimum Gasteiger partial charge on any atom is -0.331 e. The van der Waals surface area contributed by atoms with Crippen LogP contribution in [-0.4, -0.2) is 16.8 Å². The van der Waals surface area contributed by atoms with Gasteiger partial charge in [0.2, 0.25) is 0 Å². The van der Waals surface area contributed by atoms with E-state index in [1.807, 2.05) is 4.90 Å². The molecule has 0 saturated heterocycles. The van der Waals surface area contributed by atoms with E-state index in [0.717, 1.165) is 5.56 Å². The highest BCUT2D eigenvalue weighted by Gasteiger charge is 2.39. The molecule has 1 aliphatic carbocycles. The molecular formula is C14H13ClN2O. The van der Waals surface area contributed by atoms with Crippen LogP contribution in [0.1, 0.15) is 41.3 Å². The number of carbonyl (C=O) groups excluding carboxylic acids is 1. The first-order valence-electron chi connectivity index (χ1n) is 6.15. The Balaban J connectivity index is 2.01. The third-order valence-corrected chi connectivity index (χ3v) is 4.13. The van der Waals surface area contributed by atoms with Gasteiger partial charge in [0, 0.05) is 17.6 Å². The molecule has 1 atom stereocenters. The molecule has 2 aliphatic rings. The Bertz CT molecular complexity index is 572. The fourth-order valence-electron chi connectivity index (χ4n) is 2.69. The number of fused-ring (bicyclic) bond motifs is 1. The van der Waals surface area contributed by atoms with Crippen molar-refractivity contribution in [2.24, 2.45) is 5.92 Å². The molecule has 0 aromatic heterocycles. The standard InChI is InChI=1S/C14H13ClN2O/c1-8(9-2-3-9)17-7-11-5-12(15)4-10(6-16)13(11)14(17)18/h4-5,8-9H,2-3,7H2,1H3/t8-/m0/s1. The Morgan fingerprint density at radius 1 is 1.50 bits per heavy atom. The van der Waals surface area contributed by atoms with Gasteiger partial charge in [0.05, 0.1) is 11.1 Å². The first-order chi connectivity index (χ1) is 8.61. The quantitative estimate of drug-likeness (QED) is 0.821. The summed E-state index contributed by atoms with van der Waals surface area (Å²) in [5.41, 5.74) is 1.83. The molecule has 1 aliphatic heterocycles. The van der Waals surface area contributed by atoms with Crippen LogP contribution in [-0.2, 0) is 6.54 Å². The summed E-state index contributed by atoms with van der Waals surface area (Å²) in [7, 11) is 0. The minimum atomic E-state index is -0.0161. The zero-order chi connectivity index (χ0) is 12.9. The molecule has 0 N–H and O–H groups in total. The lowest BCUT2D eigenvalue weighted by atomic mass is 10.0. The monoisotopic (exact) mass is 260 g/mol. The van der Waals surface area contributed by atoms with Gasteiger partial charge in [-0.1, -0.05) is 11.6 Å². The fraction of sp³-hybridized carbons (Fsp3) is 0.429. The Kier molecular flexibility index (Phi) is 2.57. The van der Waals surface area contributed by atoms with Crippen LogP contribution in [0.15, 0.2) is 12.1 Å². The molecule has 1 fully saturated rings. The SMILES string of the molecule is C[C@@H](C1CC1)N1Cc2cc(Cl)cc(C#N)c2C1=O. The predicted octanol–water partition coefficient (Wildman–Crippen LogP) is 2.97. The lowest BCUT2D eigenvalue weighted by Crippen LogP contribution is -2.34. The molecule has 1 amide bonds. The highest BCUT2D eigenvalue weighted by atomic mass is 35.5. The van der Waals surface area contributed by atoms with Crippen LogP contribution < -0.4 is 0 Å². The van der Waals surface area contributed by atoms with Crippen molar-refractivity contribution in [3.8, 4) is 6.07 Å². The second-order valence-corrected chi connectivity index (χ2v) is 5.55. The summed E-state index contributed by atoms with van der Waals surface area (Å²) in [5.74, 6) is 0.613. The lowest BCUT2D eigenvalue weighted by molar-refractivity contribution is 0.0697. The Labute approximate surface area is 111 Å². The molecule has 18 heavy (non-hydrogen) atoms. The molecule has 1 aromatic rings. The molecule has 0 radical (unpaired) electrons. The van der Waals surface area contributed by atoms with Gasteiger partial charge in [-0.05, 0) is 43.4 Å². The Hall–Kier alpha value is -1.53. The molecular weight excluding hydrogens is 248 g/mol. The van der Waals surface area contributed by atoms with E-state index in [2.05, 4.69) is 13.0 Å². The lowest BCUT2D eigenvalue weighted by Gasteiger charge is -2.23. The number of rotatable bonds is 2. The largest absolute Gasteiger partial charge is 0.331 e. The molecule has 92 valence electrons. The molecule has 1 saturated carbocycles.